The number of halogens is 2. The lowest BCUT2D eigenvalue weighted by Gasteiger charge is -2.30. The summed E-state index contributed by atoms with van der Waals surface area (Å²) in [4.78, 5) is 25.0. The molecule has 1 atom stereocenters. The predicted molar refractivity (Wildman–Crippen MR) is 105 cm³/mol. The normalized spacial score (nSPS) is 19.7. The maximum atomic E-state index is 12.8. The largest absolute Gasteiger partial charge is 0.513 e. The minimum atomic E-state index is -0.867. The van der Waals surface area contributed by atoms with Crippen LogP contribution < -0.4 is 0 Å². The van der Waals surface area contributed by atoms with Crippen molar-refractivity contribution < 1.29 is 23.8 Å². The number of ketones is 1. The SMILES string of the molecule is CCOCCOC(=O)OC1=C(c2ccc(Cl)cc2Cl)C(=O)CC1(C)C(C)C. The molecule has 0 aromatic heterocycles. The quantitative estimate of drug-likeness (QED) is 0.433. The first-order chi connectivity index (χ1) is 12.7. The second-order valence-corrected chi connectivity index (χ2v) is 7.74. The highest BCUT2D eigenvalue weighted by atomic mass is 35.5. The Balaban J connectivity index is 2.40. The van der Waals surface area contributed by atoms with Gasteiger partial charge in [-0.2, -0.15) is 0 Å². The molecule has 1 aliphatic rings. The number of ether oxygens (including phenoxy) is 3. The van der Waals surface area contributed by atoms with E-state index in [0.29, 0.717) is 27.8 Å². The second kappa shape index (κ2) is 9.09. The van der Waals surface area contributed by atoms with Gasteiger partial charge < -0.3 is 14.2 Å². The molecule has 0 spiro atoms. The van der Waals surface area contributed by atoms with Gasteiger partial charge in [-0.15, -0.1) is 0 Å². The Morgan fingerprint density at radius 2 is 1.96 bits per heavy atom. The fourth-order valence-electron chi connectivity index (χ4n) is 2.95. The summed E-state index contributed by atoms with van der Waals surface area (Å²) in [5, 5.41) is 0.781. The Morgan fingerprint density at radius 3 is 2.56 bits per heavy atom. The van der Waals surface area contributed by atoms with E-state index in [-0.39, 0.29) is 37.1 Å². The van der Waals surface area contributed by atoms with Crippen LogP contribution in [0.15, 0.2) is 24.0 Å². The number of allylic oxidation sites excluding steroid dienone is 2. The molecule has 0 saturated heterocycles. The van der Waals surface area contributed by atoms with Crippen LogP contribution in [0.1, 0.15) is 39.7 Å². The lowest BCUT2D eigenvalue weighted by molar-refractivity contribution is -0.114. The first kappa shape index (κ1) is 21.7. The van der Waals surface area contributed by atoms with Crippen LogP contribution in [0.3, 0.4) is 0 Å². The zero-order valence-corrected chi connectivity index (χ0v) is 17.4. The highest BCUT2D eigenvalue weighted by Crippen LogP contribution is 2.50. The third kappa shape index (κ3) is 4.84. The maximum absolute atomic E-state index is 12.8. The third-order valence-corrected chi connectivity index (χ3v) is 5.41. The van der Waals surface area contributed by atoms with Crippen molar-refractivity contribution in [1.29, 1.82) is 0 Å². The van der Waals surface area contributed by atoms with Crippen LogP contribution in [0.5, 0.6) is 0 Å². The standard InChI is InChI=1S/C20H24Cl2O5/c1-5-25-8-9-26-19(24)27-18-17(14-7-6-13(21)10-15(14)22)16(23)11-20(18,4)12(2)3/h6-7,10,12H,5,8-9,11H2,1-4H3. The molecule has 148 valence electrons. The second-order valence-electron chi connectivity index (χ2n) is 6.90. The van der Waals surface area contributed by atoms with Crippen molar-refractivity contribution in [3.8, 4) is 0 Å². The molecule has 0 radical (unpaired) electrons. The third-order valence-electron chi connectivity index (χ3n) is 4.86. The van der Waals surface area contributed by atoms with Gasteiger partial charge in [0, 0.05) is 29.0 Å². The van der Waals surface area contributed by atoms with Crippen LogP contribution in [0, 0.1) is 11.3 Å². The molecule has 0 amide bonds. The molecule has 7 heteroatoms. The molecule has 0 fully saturated rings. The summed E-state index contributed by atoms with van der Waals surface area (Å²) in [5.74, 6) is 0.205. The van der Waals surface area contributed by atoms with E-state index in [2.05, 4.69) is 0 Å². The van der Waals surface area contributed by atoms with Crippen molar-refractivity contribution in [1.82, 2.24) is 0 Å². The summed E-state index contributed by atoms with van der Waals surface area (Å²) in [6.45, 7) is 8.58. The minimum absolute atomic E-state index is 0.0521. The number of rotatable bonds is 7. The van der Waals surface area contributed by atoms with E-state index in [1.807, 2.05) is 27.7 Å². The summed E-state index contributed by atoms with van der Waals surface area (Å²) in [7, 11) is 0. The van der Waals surface area contributed by atoms with Crippen molar-refractivity contribution in [3.63, 3.8) is 0 Å². The van der Waals surface area contributed by atoms with Crippen LogP contribution in [0.2, 0.25) is 10.0 Å². The zero-order valence-electron chi connectivity index (χ0n) is 15.9. The average Bonchev–Trinajstić information content (AvgIpc) is 2.84. The van der Waals surface area contributed by atoms with E-state index >= 15 is 0 Å². The van der Waals surface area contributed by atoms with Crippen molar-refractivity contribution in [3.05, 3.63) is 39.6 Å². The highest BCUT2D eigenvalue weighted by Gasteiger charge is 2.47. The highest BCUT2D eigenvalue weighted by molar-refractivity contribution is 6.38. The van der Waals surface area contributed by atoms with Gasteiger partial charge in [0.2, 0.25) is 0 Å². The molecule has 0 aliphatic heterocycles. The molecule has 1 aromatic rings. The van der Waals surface area contributed by atoms with Gasteiger partial charge in [-0.25, -0.2) is 4.79 Å². The van der Waals surface area contributed by atoms with Crippen molar-refractivity contribution in [2.45, 2.75) is 34.1 Å². The van der Waals surface area contributed by atoms with Gasteiger partial charge in [-0.05, 0) is 25.0 Å². The molecular weight excluding hydrogens is 391 g/mol. The Hall–Kier alpha value is -1.56. The lowest BCUT2D eigenvalue weighted by atomic mass is 9.77. The molecule has 5 nitrogen and oxygen atoms in total. The number of carbonyl (C=O) groups is 2. The summed E-state index contributed by atoms with van der Waals surface area (Å²) in [5.41, 5.74) is 0.149. The Labute approximate surface area is 169 Å². The van der Waals surface area contributed by atoms with Crippen LogP contribution in [-0.4, -0.2) is 31.8 Å². The van der Waals surface area contributed by atoms with Crippen molar-refractivity contribution in [2.24, 2.45) is 11.3 Å². The van der Waals surface area contributed by atoms with Gasteiger partial charge >= 0.3 is 6.16 Å². The van der Waals surface area contributed by atoms with Gasteiger partial charge in [0.15, 0.2) is 5.78 Å². The molecule has 1 aliphatic carbocycles. The Bertz CT molecular complexity index is 757. The fourth-order valence-corrected chi connectivity index (χ4v) is 3.46. The number of Topliss-reactive ketones (excluding diaryl/α,β-unsaturated/α-hetero) is 1. The van der Waals surface area contributed by atoms with E-state index in [1.165, 1.54) is 0 Å². The van der Waals surface area contributed by atoms with Gasteiger partial charge in [0.05, 0.1) is 17.2 Å². The molecule has 0 bridgehead atoms. The molecule has 0 heterocycles. The number of hydrogen-bond acceptors (Lipinski definition) is 5. The van der Waals surface area contributed by atoms with Gasteiger partial charge in [0.25, 0.3) is 0 Å². The number of hydrogen-bond donors (Lipinski definition) is 0. The van der Waals surface area contributed by atoms with E-state index in [1.54, 1.807) is 18.2 Å². The van der Waals surface area contributed by atoms with Crippen LogP contribution in [-0.2, 0) is 19.0 Å². The molecule has 1 aromatic carbocycles. The summed E-state index contributed by atoms with van der Waals surface area (Å²) in [6, 6.07) is 4.86. The number of carbonyl (C=O) groups excluding carboxylic acids is 2. The zero-order chi connectivity index (χ0) is 20.2. The van der Waals surface area contributed by atoms with Crippen LogP contribution in [0.25, 0.3) is 5.57 Å². The van der Waals surface area contributed by atoms with Crippen LogP contribution >= 0.6 is 23.2 Å². The average molecular weight is 415 g/mol. The molecule has 2 rings (SSSR count). The van der Waals surface area contributed by atoms with Gasteiger partial charge in [-0.1, -0.05) is 50.0 Å². The summed E-state index contributed by atoms with van der Waals surface area (Å²) < 4.78 is 15.7. The maximum Gasteiger partial charge on any atom is 0.513 e. The van der Waals surface area contributed by atoms with Gasteiger partial charge in [-0.3, -0.25) is 4.79 Å². The van der Waals surface area contributed by atoms with Crippen molar-refractivity contribution >= 4 is 40.7 Å². The molecule has 1 unspecified atom stereocenters. The molecule has 0 N–H and O–H groups in total. The molecule has 27 heavy (non-hydrogen) atoms. The first-order valence-corrected chi connectivity index (χ1v) is 9.62. The van der Waals surface area contributed by atoms with Crippen LogP contribution in [0.4, 0.5) is 4.79 Å². The fraction of sp³-hybridized carbons (Fsp3) is 0.500. The molecular formula is C20H24Cl2O5. The summed E-state index contributed by atoms with van der Waals surface area (Å²) >= 11 is 12.3. The summed E-state index contributed by atoms with van der Waals surface area (Å²) in [6.07, 6.45) is -0.644. The Morgan fingerprint density at radius 1 is 1.26 bits per heavy atom. The lowest BCUT2D eigenvalue weighted by Crippen LogP contribution is -2.27. The van der Waals surface area contributed by atoms with E-state index in [4.69, 9.17) is 37.4 Å². The topological polar surface area (TPSA) is 61.8 Å². The van der Waals surface area contributed by atoms with E-state index in [9.17, 15) is 9.59 Å². The van der Waals surface area contributed by atoms with E-state index in [0.717, 1.165) is 0 Å². The van der Waals surface area contributed by atoms with Crippen molar-refractivity contribution in [2.75, 3.05) is 19.8 Å². The minimum Gasteiger partial charge on any atom is -0.432 e. The number of benzene rings is 1. The smallest absolute Gasteiger partial charge is 0.432 e. The monoisotopic (exact) mass is 414 g/mol. The molecule has 0 saturated carbocycles. The first-order valence-electron chi connectivity index (χ1n) is 8.86. The van der Waals surface area contributed by atoms with E-state index < -0.39 is 11.6 Å². The van der Waals surface area contributed by atoms with Gasteiger partial charge in [0.1, 0.15) is 12.4 Å². The Kier molecular flexibility index (Phi) is 7.32. The predicted octanol–water partition coefficient (Wildman–Crippen LogP) is 5.53.